The summed E-state index contributed by atoms with van der Waals surface area (Å²) in [5, 5.41) is 0. The lowest BCUT2D eigenvalue weighted by Crippen LogP contribution is -2.46. The third kappa shape index (κ3) is 5.39. The maximum Gasteiger partial charge on any atom is 0.416 e. The number of hydrogen-bond donors (Lipinski definition) is 0. The highest BCUT2D eigenvalue weighted by atomic mass is 32.2. The van der Waals surface area contributed by atoms with E-state index in [9.17, 15) is 26.4 Å². The second kappa shape index (κ2) is 8.90. The van der Waals surface area contributed by atoms with E-state index in [1.807, 2.05) is 6.92 Å². The van der Waals surface area contributed by atoms with Gasteiger partial charge in [0.15, 0.2) is 0 Å². The van der Waals surface area contributed by atoms with Gasteiger partial charge in [-0.05, 0) is 56.0 Å². The monoisotopic (exact) mass is 454 g/mol. The molecule has 2 aromatic rings. The minimum absolute atomic E-state index is 0.0877. The van der Waals surface area contributed by atoms with E-state index in [0.717, 1.165) is 40.9 Å². The van der Waals surface area contributed by atoms with Crippen molar-refractivity contribution in [3.05, 3.63) is 59.7 Å². The third-order valence-corrected chi connectivity index (χ3v) is 7.15. The molecule has 0 saturated carbocycles. The summed E-state index contributed by atoms with van der Waals surface area (Å²) in [4.78, 5) is 14.4. The average molecular weight is 455 g/mol. The Bertz CT molecular complexity index is 1040. The molecule has 2 aromatic carbocycles. The lowest BCUT2D eigenvalue weighted by atomic mass is 10.0. The highest BCUT2D eigenvalue weighted by Crippen LogP contribution is 2.33. The van der Waals surface area contributed by atoms with Crippen LogP contribution in [-0.2, 0) is 21.0 Å². The van der Waals surface area contributed by atoms with Gasteiger partial charge < -0.3 is 4.90 Å². The molecule has 0 aromatic heterocycles. The molecule has 168 valence electrons. The van der Waals surface area contributed by atoms with E-state index >= 15 is 0 Å². The van der Waals surface area contributed by atoms with Crippen LogP contribution in [0.5, 0.6) is 0 Å². The summed E-state index contributed by atoms with van der Waals surface area (Å²) in [7, 11) is -4.26. The number of rotatable bonds is 5. The summed E-state index contributed by atoms with van der Waals surface area (Å²) in [5.74, 6) is -0.145. The Morgan fingerprint density at radius 2 is 1.84 bits per heavy atom. The van der Waals surface area contributed by atoms with Gasteiger partial charge in [0.25, 0.3) is 10.0 Å². The third-order valence-electron chi connectivity index (χ3n) is 5.36. The molecule has 1 heterocycles. The Labute approximate surface area is 180 Å². The summed E-state index contributed by atoms with van der Waals surface area (Å²) < 4.78 is 67.2. The zero-order valence-corrected chi connectivity index (χ0v) is 18.2. The topological polar surface area (TPSA) is 57.7 Å². The van der Waals surface area contributed by atoms with Gasteiger partial charge in [-0.1, -0.05) is 30.7 Å². The average Bonchev–Trinajstić information content (AvgIpc) is 2.71. The number of anilines is 1. The van der Waals surface area contributed by atoms with E-state index < -0.39 is 34.2 Å². The molecule has 9 heteroatoms. The molecule has 1 aliphatic heterocycles. The largest absolute Gasteiger partial charge is 0.416 e. The number of piperidine rings is 1. The molecule has 3 rings (SSSR count). The van der Waals surface area contributed by atoms with Crippen LogP contribution in [0.2, 0.25) is 0 Å². The lowest BCUT2D eigenvalue weighted by molar-refractivity contribution is -0.137. The fourth-order valence-electron chi connectivity index (χ4n) is 3.63. The zero-order chi connectivity index (χ0) is 22.8. The van der Waals surface area contributed by atoms with Gasteiger partial charge in [0, 0.05) is 13.1 Å². The molecule has 1 saturated heterocycles. The van der Waals surface area contributed by atoms with E-state index in [1.165, 1.54) is 18.2 Å². The number of carbonyl (C=O) groups is 1. The van der Waals surface area contributed by atoms with E-state index in [1.54, 1.807) is 24.0 Å². The van der Waals surface area contributed by atoms with Crippen LogP contribution in [0, 0.1) is 12.8 Å². The summed E-state index contributed by atoms with van der Waals surface area (Å²) in [6, 6.07) is 10.0. The standard InChI is InChI=1S/C22H25F3N2O3S/c1-16-8-10-20(11-9-16)31(29,30)27(15-21(28)26-12-4-5-17(2)14-26)19-7-3-6-18(13-19)22(23,24)25/h3,6-11,13,17H,4-5,12,14-15H2,1-2H3/t17-/m0/s1. The van der Waals surface area contributed by atoms with E-state index in [-0.39, 0.29) is 16.5 Å². The Morgan fingerprint density at radius 1 is 1.16 bits per heavy atom. The summed E-state index contributed by atoms with van der Waals surface area (Å²) in [5.41, 5.74) is -0.343. The van der Waals surface area contributed by atoms with Crippen molar-refractivity contribution in [3.8, 4) is 0 Å². The smallest absolute Gasteiger partial charge is 0.341 e. The first-order chi connectivity index (χ1) is 14.5. The predicted octanol–water partition coefficient (Wildman–Crippen LogP) is 4.47. The molecule has 0 radical (unpaired) electrons. The van der Waals surface area contributed by atoms with Crippen molar-refractivity contribution in [2.45, 2.75) is 37.8 Å². The number of carbonyl (C=O) groups excluding carboxylic acids is 1. The molecule has 0 N–H and O–H groups in total. The maximum absolute atomic E-state index is 13.4. The van der Waals surface area contributed by atoms with Gasteiger partial charge in [0.05, 0.1) is 16.1 Å². The number of likely N-dealkylation sites (tertiary alicyclic amines) is 1. The van der Waals surface area contributed by atoms with Crippen LogP contribution >= 0.6 is 0 Å². The summed E-state index contributed by atoms with van der Waals surface area (Å²) in [6.07, 6.45) is -2.86. The van der Waals surface area contributed by atoms with Crippen LogP contribution in [-0.4, -0.2) is 38.9 Å². The Kier molecular flexibility index (Phi) is 6.64. The molecular weight excluding hydrogens is 429 g/mol. The molecule has 0 spiro atoms. The van der Waals surface area contributed by atoms with E-state index in [4.69, 9.17) is 0 Å². The van der Waals surface area contributed by atoms with Gasteiger partial charge in [-0.2, -0.15) is 13.2 Å². The lowest BCUT2D eigenvalue weighted by Gasteiger charge is -2.33. The molecule has 1 atom stereocenters. The van der Waals surface area contributed by atoms with Crippen LogP contribution in [0.1, 0.15) is 30.9 Å². The summed E-state index contributed by atoms with van der Waals surface area (Å²) >= 11 is 0. The van der Waals surface area contributed by atoms with Crippen LogP contribution in [0.15, 0.2) is 53.4 Å². The number of benzene rings is 2. The van der Waals surface area contributed by atoms with Gasteiger partial charge in [0.1, 0.15) is 6.54 Å². The van der Waals surface area contributed by atoms with Gasteiger partial charge in [-0.15, -0.1) is 0 Å². The van der Waals surface area contributed by atoms with E-state index in [0.29, 0.717) is 13.1 Å². The molecule has 5 nitrogen and oxygen atoms in total. The second-order valence-corrected chi connectivity index (χ2v) is 9.82. The number of alkyl halides is 3. The molecule has 1 amide bonds. The number of nitrogens with zero attached hydrogens (tertiary/aromatic N) is 2. The summed E-state index contributed by atoms with van der Waals surface area (Å²) in [6.45, 7) is 4.24. The van der Waals surface area contributed by atoms with Crippen molar-refractivity contribution in [1.82, 2.24) is 4.90 Å². The first-order valence-electron chi connectivity index (χ1n) is 10.0. The quantitative estimate of drug-likeness (QED) is 0.670. The minimum Gasteiger partial charge on any atom is -0.341 e. The zero-order valence-electron chi connectivity index (χ0n) is 17.4. The second-order valence-electron chi connectivity index (χ2n) is 7.96. The number of amides is 1. The van der Waals surface area contributed by atoms with Gasteiger partial charge in [-0.3, -0.25) is 9.10 Å². The van der Waals surface area contributed by atoms with Crippen molar-refractivity contribution in [1.29, 1.82) is 0 Å². The Hall–Kier alpha value is -2.55. The van der Waals surface area contributed by atoms with Crippen molar-refractivity contribution < 1.29 is 26.4 Å². The molecule has 0 aliphatic carbocycles. The predicted molar refractivity (Wildman–Crippen MR) is 112 cm³/mol. The number of halogens is 3. The minimum atomic E-state index is -4.64. The van der Waals surface area contributed by atoms with Crippen molar-refractivity contribution in [3.63, 3.8) is 0 Å². The van der Waals surface area contributed by atoms with Gasteiger partial charge >= 0.3 is 6.18 Å². The molecule has 0 bridgehead atoms. The van der Waals surface area contributed by atoms with E-state index in [2.05, 4.69) is 0 Å². The number of hydrogen-bond acceptors (Lipinski definition) is 3. The van der Waals surface area contributed by atoms with Crippen molar-refractivity contribution in [2.24, 2.45) is 5.92 Å². The number of sulfonamides is 1. The molecule has 1 fully saturated rings. The fraction of sp³-hybridized carbons (Fsp3) is 0.409. The maximum atomic E-state index is 13.4. The fourth-order valence-corrected chi connectivity index (χ4v) is 5.03. The first kappa shape index (κ1) is 23.1. The van der Waals surface area contributed by atoms with Crippen molar-refractivity contribution >= 4 is 21.6 Å². The molecule has 31 heavy (non-hydrogen) atoms. The van der Waals surface area contributed by atoms with Crippen LogP contribution in [0.25, 0.3) is 0 Å². The van der Waals surface area contributed by atoms with Crippen molar-refractivity contribution in [2.75, 3.05) is 23.9 Å². The molecule has 0 unspecified atom stereocenters. The highest BCUT2D eigenvalue weighted by molar-refractivity contribution is 7.92. The number of aryl methyl sites for hydroxylation is 1. The van der Waals surface area contributed by atoms with Gasteiger partial charge in [0.2, 0.25) is 5.91 Å². The highest BCUT2D eigenvalue weighted by Gasteiger charge is 2.34. The van der Waals surface area contributed by atoms with Crippen LogP contribution in [0.4, 0.5) is 18.9 Å². The van der Waals surface area contributed by atoms with Crippen LogP contribution in [0.3, 0.4) is 0 Å². The normalized spacial score (nSPS) is 17.5. The van der Waals surface area contributed by atoms with Crippen LogP contribution < -0.4 is 4.31 Å². The van der Waals surface area contributed by atoms with Gasteiger partial charge in [-0.25, -0.2) is 8.42 Å². The Balaban J connectivity index is 2.01. The molecular formula is C22H25F3N2O3S. The SMILES string of the molecule is Cc1ccc(S(=O)(=O)N(CC(=O)N2CCC[C@H](C)C2)c2cccc(C(F)(F)F)c2)cc1. The molecule has 1 aliphatic rings. The Morgan fingerprint density at radius 3 is 2.45 bits per heavy atom. The first-order valence-corrected chi connectivity index (χ1v) is 11.5.